The molecule has 6 heteroatoms. The van der Waals surface area contributed by atoms with E-state index in [0.717, 1.165) is 11.3 Å². The van der Waals surface area contributed by atoms with Crippen LogP contribution in [0.15, 0.2) is 41.4 Å². The third kappa shape index (κ3) is 4.02. The third-order valence-electron chi connectivity index (χ3n) is 4.97. The first-order valence-corrected chi connectivity index (χ1v) is 8.89. The summed E-state index contributed by atoms with van der Waals surface area (Å²) in [5, 5.41) is 19.0. The minimum atomic E-state index is -0.737. The van der Waals surface area contributed by atoms with E-state index in [0.29, 0.717) is 5.96 Å². The number of rotatable bonds is 6. The highest BCUT2D eigenvalue weighted by atomic mass is 19.1. The Hall–Kier alpha value is -2.05. The molecule has 2 rings (SSSR count). The fraction of sp³-hybridized carbons (Fsp3) is 0.500. The molecule has 0 bridgehead atoms. The van der Waals surface area contributed by atoms with Gasteiger partial charge >= 0.3 is 5.96 Å². The summed E-state index contributed by atoms with van der Waals surface area (Å²) in [5.74, 6) is 0.124. The van der Waals surface area contributed by atoms with Gasteiger partial charge < -0.3 is 10.2 Å². The Bertz CT molecular complexity index is 725. The Morgan fingerprint density at radius 1 is 1.35 bits per heavy atom. The van der Waals surface area contributed by atoms with Crippen LogP contribution >= 0.6 is 0 Å². The first kappa shape index (κ1) is 20.3. The fourth-order valence-electron chi connectivity index (χ4n) is 3.54. The van der Waals surface area contributed by atoms with Crippen molar-refractivity contribution in [2.75, 3.05) is 13.7 Å². The zero-order valence-corrected chi connectivity index (χ0v) is 15.9. The highest BCUT2D eigenvalue weighted by molar-refractivity contribution is 5.93. The van der Waals surface area contributed by atoms with Gasteiger partial charge in [-0.1, -0.05) is 38.1 Å². The van der Waals surface area contributed by atoms with Crippen LogP contribution in [0.2, 0.25) is 0 Å². The predicted molar refractivity (Wildman–Crippen MR) is 102 cm³/mol. The van der Waals surface area contributed by atoms with Crippen LogP contribution in [0, 0.1) is 17.7 Å². The lowest BCUT2D eigenvalue weighted by molar-refractivity contribution is -0.383. The molecule has 142 valence electrons. The SMILES string of the molecule is CC(C)C1=[N+](C)C(N)=NC(C)(c2ccc(F)cc2)C1C=CC(O)CCO. The maximum atomic E-state index is 13.4. The van der Waals surface area contributed by atoms with Gasteiger partial charge in [-0.3, -0.25) is 5.73 Å². The molecule has 1 aliphatic heterocycles. The van der Waals surface area contributed by atoms with Gasteiger partial charge in [0.2, 0.25) is 0 Å². The van der Waals surface area contributed by atoms with Crippen molar-refractivity contribution < 1.29 is 19.2 Å². The molecule has 0 spiro atoms. The lowest BCUT2D eigenvalue weighted by Crippen LogP contribution is -2.49. The Kier molecular flexibility index (Phi) is 6.31. The molecule has 0 fully saturated rings. The van der Waals surface area contributed by atoms with Crippen LogP contribution in [-0.4, -0.2) is 46.2 Å². The lowest BCUT2D eigenvalue weighted by Gasteiger charge is -2.36. The van der Waals surface area contributed by atoms with Gasteiger partial charge in [0.05, 0.1) is 24.8 Å². The smallest absolute Gasteiger partial charge is 0.384 e. The zero-order valence-electron chi connectivity index (χ0n) is 15.9. The van der Waals surface area contributed by atoms with E-state index in [4.69, 9.17) is 15.8 Å². The first-order chi connectivity index (χ1) is 12.2. The number of aliphatic hydroxyl groups is 2. The molecule has 4 N–H and O–H groups in total. The zero-order chi connectivity index (χ0) is 19.5. The number of benzene rings is 1. The van der Waals surface area contributed by atoms with Gasteiger partial charge in [0.25, 0.3) is 0 Å². The van der Waals surface area contributed by atoms with Crippen molar-refractivity contribution in [2.24, 2.45) is 22.6 Å². The van der Waals surface area contributed by atoms with E-state index < -0.39 is 11.6 Å². The average Bonchev–Trinajstić information content (AvgIpc) is 2.57. The normalized spacial score (nSPS) is 25.1. The van der Waals surface area contributed by atoms with Gasteiger partial charge in [0, 0.05) is 12.5 Å². The molecule has 0 aromatic heterocycles. The standard InChI is InChI=1S/C20H29FN3O2/c1-13(2)18-17(10-9-16(26)11-12-25)20(3,23-19(22)24(18)4)14-5-7-15(21)8-6-14/h5-10,13,16-17,25-26H,11-12H2,1-4H3,(H2,22,23)/q+1. The summed E-state index contributed by atoms with van der Waals surface area (Å²) >= 11 is 0. The molecule has 0 amide bonds. The monoisotopic (exact) mass is 362 g/mol. The van der Waals surface area contributed by atoms with Crippen molar-refractivity contribution in [1.82, 2.24) is 0 Å². The Morgan fingerprint density at radius 3 is 2.50 bits per heavy atom. The van der Waals surface area contributed by atoms with E-state index in [1.807, 2.05) is 24.6 Å². The van der Waals surface area contributed by atoms with Gasteiger partial charge in [-0.05, 0) is 31.0 Å². The first-order valence-electron chi connectivity index (χ1n) is 8.89. The molecular formula is C20H29FN3O2+. The van der Waals surface area contributed by atoms with Crippen molar-refractivity contribution in [1.29, 1.82) is 0 Å². The second-order valence-electron chi connectivity index (χ2n) is 7.21. The van der Waals surface area contributed by atoms with Crippen LogP contribution in [-0.2, 0) is 5.54 Å². The van der Waals surface area contributed by atoms with E-state index in [2.05, 4.69) is 13.8 Å². The lowest BCUT2D eigenvalue weighted by atomic mass is 9.73. The quantitative estimate of drug-likeness (QED) is 0.535. The Labute approximate surface area is 154 Å². The van der Waals surface area contributed by atoms with Crippen LogP contribution in [0.1, 0.15) is 32.8 Å². The van der Waals surface area contributed by atoms with Crippen molar-refractivity contribution >= 4 is 11.7 Å². The van der Waals surface area contributed by atoms with Crippen LogP contribution in [0.25, 0.3) is 0 Å². The van der Waals surface area contributed by atoms with Crippen LogP contribution in [0.4, 0.5) is 4.39 Å². The summed E-state index contributed by atoms with van der Waals surface area (Å²) in [5.41, 5.74) is 7.38. The number of guanidine groups is 1. The number of hydrogen-bond donors (Lipinski definition) is 3. The molecule has 5 nitrogen and oxygen atoms in total. The van der Waals surface area contributed by atoms with E-state index in [1.54, 1.807) is 18.2 Å². The molecular weight excluding hydrogens is 333 g/mol. The molecule has 0 saturated heterocycles. The van der Waals surface area contributed by atoms with E-state index in [-0.39, 0.29) is 30.7 Å². The molecule has 1 aromatic rings. The Balaban J connectivity index is 2.58. The highest BCUT2D eigenvalue weighted by Gasteiger charge is 2.47. The van der Waals surface area contributed by atoms with E-state index >= 15 is 0 Å². The summed E-state index contributed by atoms with van der Waals surface area (Å²) in [4.78, 5) is 4.73. The van der Waals surface area contributed by atoms with Crippen LogP contribution in [0.3, 0.4) is 0 Å². The van der Waals surface area contributed by atoms with Gasteiger partial charge in [-0.2, -0.15) is 0 Å². The molecule has 0 saturated carbocycles. The van der Waals surface area contributed by atoms with E-state index in [1.165, 1.54) is 12.1 Å². The topological polar surface area (TPSA) is 81.9 Å². The molecule has 1 aliphatic rings. The number of aliphatic imine (C=N–C) groups is 1. The molecule has 3 atom stereocenters. The summed E-state index contributed by atoms with van der Waals surface area (Å²) in [6.45, 7) is 6.05. The highest BCUT2D eigenvalue weighted by Crippen LogP contribution is 2.39. The summed E-state index contributed by atoms with van der Waals surface area (Å²) in [6, 6.07) is 6.28. The van der Waals surface area contributed by atoms with Crippen molar-refractivity contribution in [3.8, 4) is 0 Å². The van der Waals surface area contributed by atoms with Crippen LogP contribution < -0.4 is 5.73 Å². The molecule has 1 heterocycles. The molecule has 26 heavy (non-hydrogen) atoms. The van der Waals surface area contributed by atoms with Crippen molar-refractivity contribution in [2.45, 2.75) is 38.8 Å². The van der Waals surface area contributed by atoms with Gasteiger partial charge in [-0.15, -0.1) is 4.99 Å². The van der Waals surface area contributed by atoms with Crippen LogP contribution in [0.5, 0.6) is 0 Å². The summed E-state index contributed by atoms with van der Waals surface area (Å²) in [7, 11) is 1.88. The molecule has 1 aromatic carbocycles. The predicted octanol–water partition coefficient (Wildman–Crippen LogP) is 2.02. The maximum absolute atomic E-state index is 13.4. The molecule has 0 aliphatic carbocycles. The van der Waals surface area contributed by atoms with Gasteiger partial charge in [0.1, 0.15) is 5.82 Å². The van der Waals surface area contributed by atoms with E-state index in [9.17, 15) is 9.50 Å². The molecule has 0 radical (unpaired) electrons. The summed E-state index contributed by atoms with van der Waals surface area (Å²) < 4.78 is 15.3. The molecule has 3 unspecified atom stereocenters. The van der Waals surface area contributed by atoms with Crippen molar-refractivity contribution in [3.63, 3.8) is 0 Å². The minimum Gasteiger partial charge on any atom is -0.396 e. The van der Waals surface area contributed by atoms with Crippen molar-refractivity contribution in [3.05, 3.63) is 47.8 Å². The maximum Gasteiger partial charge on any atom is 0.384 e. The fourth-order valence-corrected chi connectivity index (χ4v) is 3.54. The minimum absolute atomic E-state index is 0.0862. The average molecular weight is 362 g/mol. The number of nitrogens with two attached hydrogens (primary N) is 1. The second kappa shape index (κ2) is 8.10. The van der Waals surface area contributed by atoms with Gasteiger partial charge in [0.15, 0.2) is 5.54 Å². The summed E-state index contributed by atoms with van der Waals surface area (Å²) in [6.07, 6.45) is 3.15. The number of hydrogen-bond acceptors (Lipinski definition) is 4. The third-order valence-corrected chi connectivity index (χ3v) is 4.97. The van der Waals surface area contributed by atoms with Gasteiger partial charge in [-0.25, -0.2) is 8.97 Å². The number of halogens is 1. The number of nitrogens with zero attached hydrogens (tertiary/aromatic N) is 2. The largest absolute Gasteiger partial charge is 0.396 e. The second-order valence-corrected chi connectivity index (χ2v) is 7.21. The Morgan fingerprint density at radius 2 is 1.96 bits per heavy atom. The number of aliphatic hydroxyl groups excluding tert-OH is 2.